The molecule has 5 nitrogen and oxygen atoms in total. The molecule has 0 aromatic heterocycles. The Morgan fingerprint density at radius 2 is 2.08 bits per heavy atom. The summed E-state index contributed by atoms with van der Waals surface area (Å²) in [5.74, 6) is -1.28. The summed E-state index contributed by atoms with van der Waals surface area (Å²) in [5, 5.41) is 8.44. The summed E-state index contributed by atoms with van der Waals surface area (Å²) >= 11 is 0. The van der Waals surface area contributed by atoms with E-state index in [4.69, 9.17) is 9.84 Å². The van der Waals surface area contributed by atoms with Gasteiger partial charge in [-0.3, -0.25) is 4.79 Å². The summed E-state index contributed by atoms with van der Waals surface area (Å²) in [7, 11) is 1.64. The SMILES string of the molecule is CCN(C)C(=O)CO[C@H](C)C(=O)O. The van der Waals surface area contributed by atoms with Crippen molar-refractivity contribution in [2.24, 2.45) is 0 Å². The number of rotatable bonds is 5. The minimum atomic E-state index is -1.06. The van der Waals surface area contributed by atoms with Gasteiger partial charge < -0.3 is 14.7 Å². The molecule has 1 atom stereocenters. The zero-order valence-corrected chi connectivity index (χ0v) is 8.11. The van der Waals surface area contributed by atoms with E-state index in [0.29, 0.717) is 6.54 Å². The number of aliphatic carboxylic acids is 1. The summed E-state index contributed by atoms with van der Waals surface area (Å²) < 4.78 is 4.80. The fourth-order valence-corrected chi connectivity index (χ4v) is 0.554. The molecule has 1 amide bonds. The summed E-state index contributed by atoms with van der Waals surface area (Å²) in [5.41, 5.74) is 0. The van der Waals surface area contributed by atoms with Crippen LogP contribution in [0.3, 0.4) is 0 Å². The van der Waals surface area contributed by atoms with Crippen molar-refractivity contribution >= 4 is 11.9 Å². The number of carboxylic acids is 1. The molecule has 0 radical (unpaired) electrons. The average Bonchev–Trinajstić information content (AvgIpc) is 2.11. The van der Waals surface area contributed by atoms with Crippen LogP contribution in [0.1, 0.15) is 13.8 Å². The quantitative estimate of drug-likeness (QED) is 0.658. The van der Waals surface area contributed by atoms with Crippen LogP contribution in [-0.4, -0.2) is 48.2 Å². The van der Waals surface area contributed by atoms with Crippen molar-refractivity contribution in [2.75, 3.05) is 20.2 Å². The topological polar surface area (TPSA) is 66.8 Å². The van der Waals surface area contributed by atoms with Gasteiger partial charge in [-0.2, -0.15) is 0 Å². The Bertz CT molecular complexity index is 193. The van der Waals surface area contributed by atoms with Gasteiger partial charge in [0.2, 0.25) is 5.91 Å². The maximum absolute atomic E-state index is 11.1. The van der Waals surface area contributed by atoms with Gasteiger partial charge in [0.15, 0.2) is 6.10 Å². The van der Waals surface area contributed by atoms with Crippen LogP contribution in [0.4, 0.5) is 0 Å². The van der Waals surface area contributed by atoms with Gasteiger partial charge in [0.25, 0.3) is 0 Å². The third kappa shape index (κ3) is 4.47. The molecule has 0 spiro atoms. The molecule has 0 unspecified atom stereocenters. The zero-order chi connectivity index (χ0) is 10.4. The highest BCUT2D eigenvalue weighted by atomic mass is 16.5. The second-order valence-electron chi connectivity index (χ2n) is 2.70. The molecule has 0 saturated heterocycles. The zero-order valence-electron chi connectivity index (χ0n) is 8.11. The molecule has 0 aliphatic heterocycles. The maximum Gasteiger partial charge on any atom is 0.332 e. The number of hydrogen-bond donors (Lipinski definition) is 1. The van der Waals surface area contributed by atoms with Gasteiger partial charge in [0.1, 0.15) is 6.61 Å². The highest BCUT2D eigenvalue weighted by Crippen LogP contribution is 1.92. The fraction of sp³-hybridized carbons (Fsp3) is 0.750. The first-order valence-corrected chi connectivity index (χ1v) is 4.07. The number of ether oxygens (including phenoxy) is 1. The van der Waals surface area contributed by atoms with Gasteiger partial charge in [-0.1, -0.05) is 0 Å². The molecule has 0 aliphatic carbocycles. The number of nitrogens with zero attached hydrogens (tertiary/aromatic N) is 1. The van der Waals surface area contributed by atoms with Crippen molar-refractivity contribution in [2.45, 2.75) is 20.0 Å². The Hall–Kier alpha value is -1.10. The molecular weight excluding hydrogens is 174 g/mol. The Morgan fingerprint density at radius 1 is 1.54 bits per heavy atom. The van der Waals surface area contributed by atoms with Crippen LogP contribution in [0.15, 0.2) is 0 Å². The highest BCUT2D eigenvalue weighted by molar-refractivity contribution is 5.78. The molecule has 0 aromatic rings. The summed E-state index contributed by atoms with van der Waals surface area (Å²) in [6.45, 7) is 3.63. The summed E-state index contributed by atoms with van der Waals surface area (Å²) in [6.07, 6.45) is -0.936. The van der Waals surface area contributed by atoms with E-state index in [2.05, 4.69) is 0 Å². The number of carboxylic acid groups (broad SMARTS) is 1. The minimum absolute atomic E-state index is 0.183. The third-order valence-electron chi connectivity index (χ3n) is 1.70. The van der Waals surface area contributed by atoms with E-state index in [1.165, 1.54) is 11.8 Å². The largest absolute Gasteiger partial charge is 0.479 e. The molecule has 0 aromatic carbocycles. The van der Waals surface area contributed by atoms with Gasteiger partial charge in [0.05, 0.1) is 0 Å². The lowest BCUT2D eigenvalue weighted by Crippen LogP contribution is -2.32. The first kappa shape index (κ1) is 11.9. The summed E-state index contributed by atoms with van der Waals surface area (Å²) in [6, 6.07) is 0. The van der Waals surface area contributed by atoms with Crippen LogP contribution in [0.25, 0.3) is 0 Å². The molecule has 0 heterocycles. The molecule has 0 bridgehead atoms. The monoisotopic (exact) mass is 189 g/mol. The van der Waals surface area contributed by atoms with Crippen LogP contribution in [-0.2, 0) is 14.3 Å². The predicted molar refractivity (Wildman–Crippen MR) is 46.4 cm³/mol. The van der Waals surface area contributed by atoms with Crippen LogP contribution < -0.4 is 0 Å². The smallest absolute Gasteiger partial charge is 0.332 e. The standard InChI is InChI=1S/C8H15NO4/c1-4-9(3)7(10)5-13-6(2)8(11)12/h6H,4-5H2,1-3H3,(H,11,12)/t6-/m1/s1. The van der Waals surface area contributed by atoms with E-state index in [1.807, 2.05) is 6.92 Å². The Balaban J connectivity index is 3.76. The second kappa shape index (κ2) is 5.53. The van der Waals surface area contributed by atoms with Crippen molar-refractivity contribution in [3.8, 4) is 0 Å². The lowest BCUT2D eigenvalue weighted by Gasteiger charge is -2.15. The lowest BCUT2D eigenvalue weighted by molar-refractivity contribution is -0.152. The van der Waals surface area contributed by atoms with Crippen LogP contribution in [0, 0.1) is 0 Å². The van der Waals surface area contributed by atoms with Crippen molar-refractivity contribution in [1.29, 1.82) is 0 Å². The first-order valence-electron chi connectivity index (χ1n) is 4.07. The number of carbonyl (C=O) groups excluding carboxylic acids is 1. The third-order valence-corrected chi connectivity index (χ3v) is 1.70. The van der Waals surface area contributed by atoms with E-state index in [1.54, 1.807) is 7.05 Å². The van der Waals surface area contributed by atoms with Gasteiger partial charge in [-0.15, -0.1) is 0 Å². The maximum atomic E-state index is 11.1. The molecule has 5 heteroatoms. The van der Waals surface area contributed by atoms with Crippen molar-refractivity contribution in [1.82, 2.24) is 4.90 Å². The molecule has 0 aliphatic rings. The van der Waals surface area contributed by atoms with E-state index < -0.39 is 12.1 Å². The van der Waals surface area contributed by atoms with E-state index in [9.17, 15) is 9.59 Å². The van der Waals surface area contributed by atoms with Crippen molar-refractivity contribution in [3.05, 3.63) is 0 Å². The predicted octanol–water partition coefficient (Wildman–Crippen LogP) is -0.0456. The molecule has 1 N–H and O–H groups in total. The van der Waals surface area contributed by atoms with Crippen molar-refractivity contribution < 1.29 is 19.4 Å². The van der Waals surface area contributed by atoms with E-state index in [0.717, 1.165) is 0 Å². The fourth-order valence-electron chi connectivity index (χ4n) is 0.554. The van der Waals surface area contributed by atoms with Crippen LogP contribution >= 0.6 is 0 Å². The molecular formula is C8H15NO4. The Kier molecular flexibility index (Phi) is 5.06. The number of likely N-dealkylation sites (N-methyl/N-ethyl adjacent to an activating group) is 1. The second-order valence-corrected chi connectivity index (χ2v) is 2.70. The molecule has 13 heavy (non-hydrogen) atoms. The summed E-state index contributed by atoms with van der Waals surface area (Å²) in [4.78, 5) is 22.9. The Morgan fingerprint density at radius 3 is 2.46 bits per heavy atom. The average molecular weight is 189 g/mol. The number of amides is 1. The first-order chi connectivity index (χ1) is 5.99. The molecule has 0 rings (SSSR count). The number of carbonyl (C=O) groups is 2. The van der Waals surface area contributed by atoms with Gasteiger partial charge in [-0.25, -0.2) is 4.79 Å². The van der Waals surface area contributed by atoms with Gasteiger partial charge >= 0.3 is 5.97 Å². The van der Waals surface area contributed by atoms with Gasteiger partial charge in [0, 0.05) is 13.6 Å². The van der Waals surface area contributed by atoms with Crippen LogP contribution in [0.5, 0.6) is 0 Å². The minimum Gasteiger partial charge on any atom is -0.479 e. The Labute approximate surface area is 77.3 Å². The lowest BCUT2D eigenvalue weighted by atomic mass is 10.4. The van der Waals surface area contributed by atoms with E-state index >= 15 is 0 Å². The number of hydrogen-bond acceptors (Lipinski definition) is 3. The highest BCUT2D eigenvalue weighted by Gasteiger charge is 2.14. The molecule has 0 saturated carbocycles. The van der Waals surface area contributed by atoms with Crippen LogP contribution in [0.2, 0.25) is 0 Å². The normalized spacial score (nSPS) is 12.2. The van der Waals surface area contributed by atoms with Gasteiger partial charge in [-0.05, 0) is 13.8 Å². The molecule has 76 valence electrons. The molecule has 0 fully saturated rings. The van der Waals surface area contributed by atoms with E-state index in [-0.39, 0.29) is 12.5 Å². The van der Waals surface area contributed by atoms with Crippen molar-refractivity contribution in [3.63, 3.8) is 0 Å².